The Bertz CT molecular complexity index is 1330. The standard InChI is InChI=1S/C24H21N5O3/c1-14-9-17(14)24(30)25-22-18-11-19(16-7-8-20-21(10-16)32-13-31-20)26-27-23(18)29(28-22)12-15-5-3-2-4-6-15/h2-8,10-11,14,17H,9,12-13H2,1H3,(H,25,28,30)/t14-,17-/m0/s1. The van der Waals surface area contributed by atoms with Crippen molar-refractivity contribution in [1.29, 1.82) is 0 Å². The van der Waals surface area contributed by atoms with E-state index in [0.29, 0.717) is 41.1 Å². The van der Waals surface area contributed by atoms with E-state index in [1.54, 1.807) is 4.68 Å². The maximum Gasteiger partial charge on any atom is 0.231 e. The number of hydrogen-bond acceptors (Lipinski definition) is 6. The predicted molar refractivity (Wildman–Crippen MR) is 118 cm³/mol. The SMILES string of the molecule is C[C@H]1C[C@@H]1C(=O)Nc1nn(Cc2ccccc2)c2nnc(-c3ccc4c(c3)OCO4)cc12. The van der Waals surface area contributed by atoms with Crippen molar-refractivity contribution in [3.8, 4) is 22.8 Å². The minimum Gasteiger partial charge on any atom is -0.454 e. The molecule has 1 aliphatic heterocycles. The molecule has 1 N–H and O–H groups in total. The first kappa shape index (κ1) is 18.8. The number of nitrogens with zero attached hydrogens (tertiary/aromatic N) is 4. The van der Waals surface area contributed by atoms with Gasteiger partial charge < -0.3 is 14.8 Å². The minimum absolute atomic E-state index is 0.00482. The highest BCUT2D eigenvalue weighted by Gasteiger charge is 2.39. The van der Waals surface area contributed by atoms with Gasteiger partial charge in [-0.15, -0.1) is 10.2 Å². The second kappa shape index (κ2) is 7.33. The number of rotatable bonds is 5. The van der Waals surface area contributed by atoms with Crippen LogP contribution in [0.3, 0.4) is 0 Å². The average Bonchev–Trinajstić information content (AvgIpc) is 3.23. The molecular formula is C24H21N5O3. The van der Waals surface area contributed by atoms with Crippen molar-refractivity contribution in [3.63, 3.8) is 0 Å². The van der Waals surface area contributed by atoms with Gasteiger partial charge in [-0.2, -0.15) is 5.10 Å². The number of hydrogen-bond donors (Lipinski definition) is 1. The van der Waals surface area contributed by atoms with Crippen LogP contribution in [0, 0.1) is 11.8 Å². The zero-order chi connectivity index (χ0) is 21.7. The second-order valence-corrected chi connectivity index (χ2v) is 8.34. The van der Waals surface area contributed by atoms with Crippen molar-refractivity contribution in [2.45, 2.75) is 19.9 Å². The first-order chi connectivity index (χ1) is 15.7. The van der Waals surface area contributed by atoms with Gasteiger partial charge in [-0.05, 0) is 42.2 Å². The minimum atomic E-state index is 0.00482. The summed E-state index contributed by atoms with van der Waals surface area (Å²) in [6.45, 7) is 2.83. The van der Waals surface area contributed by atoms with Gasteiger partial charge in [-0.25, -0.2) is 4.68 Å². The van der Waals surface area contributed by atoms with E-state index < -0.39 is 0 Å². The number of aromatic nitrogens is 4. The lowest BCUT2D eigenvalue weighted by Gasteiger charge is -2.04. The summed E-state index contributed by atoms with van der Waals surface area (Å²) in [6.07, 6.45) is 0.913. The molecule has 8 heteroatoms. The van der Waals surface area contributed by atoms with E-state index in [-0.39, 0.29) is 18.6 Å². The quantitative estimate of drug-likeness (QED) is 0.520. The van der Waals surface area contributed by atoms with Crippen LogP contribution in [0.15, 0.2) is 54.6 Å². The van der Waals surface area contributed by atoms with Crippen LogP contribution in [-0.2, 0) is 11.3 Å². The third-order valence-corrected chi connectivity index (χ3v) is 6.03. The van der Waals surface area contributed by atoms with Crippen LogP contribution in [0.1, 0.15) is 18.9 Å². The lowest BCUT2D eigenvalue weighted by Crippen LogP contribution is -2.15. The zero-order valence-corrected chi connectivity index (χ0v) is 17.5. The van der Waals surface area contributed by atoms with Gasteiger partial charge >= 0.3 is 0 Å². The van der Waals surface area contributed by atoms with Gasteiger partial charge in [0.05, 0.1) is 17.6 Å². The van der Waals surface area contributed by atoms with E-state index in [2.05, 4.69) is 27.5 Å². The average molecular weight is 427 g/mol. The van der Waals surface area contributed by atoms with Crippen molar-refractivity contribution < 1.29 is 14.3 Å². The van der Waals surface area contributed by atoms with Gasteiger partial charge in [-0.1, -0.05) is 37.3 Å². The highest BCUT2D eigenvalue weighted by molar-refractivity contribution is 6.01. The molecule has 0 radical (unpaired) electrons. The van der Waals surface area contributed by atoms with Crippen LogP contribution in [0.5, 0.6) is 11.5 Å². The Kier molecular flexibility index (Phi) is 4.31. The molecule has 6 rings (SSSR count). The summed E-state index contributed by atoms with van der Waals surface area (Å²) in [7, 11) is 0. The maximum atomic E-state index is 12.7. The Hall–Kier alpha value is -3.94. The van der Waals surface area contributed by atoms with E-state index >= 15 is 0 Å². The summed E-state index contributed by atoms with van der Waals surface area (Å²) >= 11 is 0. The van der Waals surface area contributed by atoms with Crippen LogP contribution in [-0.4, -0.2) is 32.7 Å². The molecule has 3 heterocycles. The smallest absolute Gasteiger partial charge is 0.231 e. The monoisotopic (exact) mass is 427 g/mol. The van der Waals surface area contributed by atoms with E-state index in [4.69, 9.17) is 9.47 Å². The highest BCUT2D eigenvalue weighted by atomic mass is 16.7. The zero-order valence-electron chi connectivity index (χ0n) is 17.5. The molecular weight excluding hydrogens is 406 g/mol. The number of benzene rings is 2. The molecule has 1 aliphatic carbocycles. The lowest BCUT2D eigenvalue weighted by molar-refractivity contribution is -0.117. The lowest BCUT2D eigenvalue weighted by atomic mass is 10.1. The van der Waals surface area contributed by atoms with Crippen molar-refractivity contribution in [1.82, 2.24) is 20.0 Å². The Morgan fingerprint density at radius 1 is 1.09 bits per heavy atom. The van der Waals surface area contributed by atoms with Crippen LogP contribution < -0.4 is 14.8 Å². The predicted octanol–water partition coefficient (Wildman–Crippen LogP) is 3.86. The number of amides is 1. The van der Waals surface area contributed by atoms with Gasteiger partial charge in [0.1, 0.15) is 0 Å². The fourth-order valence-corrected chi connectivity index (χ4v) is 4.02. The number of nitrogens with one attached hydrogen (secondary N) is 1. The molecule has 1 fully saturated rings. The molecule has 0 spiro atoms. The number of fused-ring (bicyclic) bond motifs is 2. The number of ether oxygens (including phenoxy) is 2. The van der Waals surface area contributed by atoms with Gasteiger partial charge in [0.15, 0.2) is 23.0 Å². The normalized spacial score (nSPS) is 18.7. The van der Waals surface area contributed by atoms with Gasteiger partial charge in [0.25, 0.3) is 0 Å². The third-order valence-electron chi connectivity index (χ3n) is 6.03. The number of anilines is 1. The van der Waals surface area contributed by atoms with E-state index in [1.165, 1.54) is 0 Å². The Labute approximate surface area is 184 Å². The molecule has 8 nitrogen and oxygen atoms in total. The van der Waals surface area contributed by atoms with Gasteiger partial charge in [0.2, 0.25) is 12.7 Å². The van der Waals surface area contributed by atoms with Crippen molar-refractivity contribution >= 4 is 22.8 Å². The van der Waals surface area contributed by atoms with Crippen LogP contribution in [0.2, 0.25) is 0 Å². The van der Waals surface area contributed by atoms with Gasteiger partial charge in [0, 0.05) is 11.5 Å². The molecule has 1 saturated carbocycles. The first-order valence-electron chi connectivity index (χ1n) is 10.6. The topological polar surface area (TPSA) is 91.2 Å². The van der Waals surface area contributed by atoms with Crippen LogP contribution >= 0.6 is 0 Å². The molecule has 4 aromatic rings. The maximum absolute atomic E-state index is 12.7. The fraction of sp³-hybridized carbons (Fsp3) is 0.250. The molecule has 2 aliphatic rings. The van der Waals surface area contributed by atoms with Crippen molar-refractivity contribution in [3.05, 3.63) is 60.2 Å². The summed E-state index contributed by atoms with van der Waals surface area (Å²) in [4.78, 5) is 12.7. The molecule has 2 atom stereocenters. The molecule has 0 unspecified atom stereocenters. The first-order valence-corrected chi connectivity index (χ1v) is 10.6. The molecule has 0 saturated heterocycles. The molecule has 1 amide bonds. The summed E-state index contributed by atoms with van der Waals surface area (Å²) in [5.74, 6) is 2.37. The largest absolute Gasteiger partial charge is 0.454 e. The summed E-state index contributed by atoms with van der Waals surface area (Å²) in [5, 5.41) is 17.4. The molecule has 2 aromatic carbocycles. The number of carbonyl (C=O) groups excluding carboxylic acids is 1. The van der Waals surface area contributed by atoms with E-state index in [0.717, 1.165) is 22.9 Å². The Morgan fingerprint density at radius 3 is 2.72 bits per heavy atom. The van der Waals surface area contributed by atoms with E-state index in [9.17, 15) is 4.79 Å². The summed E-state index contributed by atoms with van der Waals surface area (Å²) < 4.78 is 12.7. The van der Waals surface area contributed by atoms with Crippen LogP contribution in [0.25, 0.3) is 22.3 Å². The van der Waals surface area contributed by atoms with Gasteiger partial charge in [-0.3, -0.25) is 4.79 Å². The molecule has 32 heavy (non-hydrogen) atoms. The van der Waals surface area contributed by atoms with Crippen molar-refractivity contribution in [2.24, 2.45) is 11.8 Å². The second-order valence-electron chi connectivity index (χ2n) is 8.34. The van der Waals surface area contributed by atoms with E-state index in [1.807, 2.05) is 54.6 Å². The molecule has 160 valence electrons. The molecule has 2 aromatic heterocycles. The highest BCUT2D eigenvalue weighted by Crippen LogP contribution is 2.39. The Morgan fingerprint density at radius 2 is 1.91 bits per heavy atom. The third kappa shape index (κ3) is 3.33. The Balaban J connectivity index is 1.41. The summed E-state index contributed by atoms with van der Waals surface area (Å²) in [6, 6.07) is 17.6. The fourth-order valence-electron chi connectivity index (χ4n) is 4.02. The summed E-state index contributed by atoms with van der Waals surface area (Å²) in [5.41, 5.74) is 3.24. The molecule has 0 bridgehead atoms. The number of carbonyl (C=O) groups is 1. The van der Waals surface area contributed by atoms with Crippen LogP contribution in [0.4, 0.5) is 5.82 Å². The van der Waals surface area contributed by atoms with Crippen molar-refractivity contribution in [2.75, 3.05) is 12.1 Å².